The number of hydrogen-bond acceptors (Lipinski definition) is 0. The Hall–Kier alpha value is -2.08. The van der Waals surface area contributed by atoms with Gasteiger partial charge in [-0.1, -0.05) is 60.7 Å². The quantitative estimate of drug-likeness (QED) is 0.409. The van der Waals surface area contributed by atoms with Gasteiger partial charge in [-0.25, -0.2) is 0 Å². The van der Waals surface area contributed by atoms with Crippen LogP contribution in [0.15, 0.2) is 60.7 Å². The average Bonchev–Trinajstić information content (AvgIpc) is 2.77. The van der Waals surface area contributed by atoms with E-state index in [0.717, 1.165) is 0 Å². The minimum absolute atomic E-state index is 1.21. The Morgan fingerprint density at radius 3 is 2.47 bits per heavy atom. The van der Waals surface area contributed by atoms with Gasteiger partial charge in [0.1, 0.15) is 0 Å². The summed E-state index contributed by atoms with van der Waals surface area (Å²) in [5.41, 5.74) is 5.06. The molecular formula is C17H10. The highest BCUT2D eigenvalue weighted by atomic mass is 14.2. The largest absolute Gasteiger partial charge is 0.0619 e. The van der Waals surface area contributed by atoms with Crippen molar-refractivity contribution in [3.63, 3.8) is 0 Å². The van der Waals surface area contributed by atoms with Gasteiger partial charge in [0, 0.05) is 0 Å². The highest BCUT2D eigenvalue weighted by molar-refractivity contribution is 6.02. The van der Waals surface area contributed by atoms with E-state index in [4.69, 9.17) is 0 Å². The predicted molar refractivity (Wildman–Crippen MR) is 70.8 cm³/mol. The van der Waals surface area contributed by atoms with E-state index in [-0.39, 0.29) is 0 Å². The smallest absolute Gasteiger partial charge is 0.0515 e. The molecule has 0 N–H and O–H groups in total. The summed E-state index contributed by atoms with van der Waals surface area (Å²) >= 11 is 0. The molecule has 0 heterocycles. The third-order valence-electron chi connectivity index (χ3n) is 3.39. The van der Waals surface area contributed by atoms with Gasteiger partial charge in [-0.05, 0) is 33.0 Å². The van der Waals surface area contributed by atoms with Crippen molar-refractivity contribution in [3.8, 4) is 11.1 Å². The standard InChI is InChI=1S/C17H10/c1-3-7-15-12(5-1)9-10-14-11-13-6-2-4-8-16(13)17(14)15/h1-10H. The first-order valence-electron chi connectivity index (χ1n) is 5.82. The van der Waals surface area contributed by atoms with Crippen molar-refractivity contribution >= 4 is 10.8 Å². The van der Waals surface area contributed by atoms with Crippen LogP contribution in [0.3, 0.4) is 0 Å². The predicted octanol–water partition coefficient (Wildman–Crippen LogP) is 4.30. The van der Waals surface area contributed by atoms with E-state index in [9.17, 15) is 0 Å². The third kappa shape index (κ3) is 1.18. The van der Waals surface area contributed by atoms with Crippen LogP contribution >= 0.6 is 0 Å². The van der Waals surface area contributed by atoms with E-state index >= 15 is 0 Å². The summed E-state index contributed by atoms with van der Waals surface area (Å²) in [5.74, 6) is 0. The fourth-order valence-electron chi connectivity index (χ4n) is 2.62. The lowest BCUT2D eigenvalue weighted by atomic mass is 9.98. The van der Waals surface area contributed by atoms with Crippen molar-refractivity contribution in [2.75, 3.05) is 0 Å². The monoisotopic (exact) mass is 214 g/mol. The summed E-state index contributed by atoms with van der Waals surface area (Å²) in [6.45, 7) is 0. The zero-order chi connectivity index (χ0) is 11.2. The molecule has 0 heteroatoms. The average molecular weight is 214 g/mol. The van der Waals surface area contributed by atoms with Crippen LogP contribution in [0.5, 0.6) is 0 Å². The molecule has 0 saturated heterocycles. The normalized spacial score (nSPS) is 12.5. The molecule has 0 atom stereocenters. The first-order chi connectivity index (χ1) is 8.43. The highest BCUT2D eigenvalue weighted by Gasteiger charge is 2.20. The molecule has 4 rings (SSSR count). The lowest BCUT2D eigenvalue weighted by molar-refractivity contribution is 1.55. The molecular weight excluding hydrogens is 204 g/mol. The summed E-state index contributed by atoms with van der Waals surface area (Å²) in [5, 5.41) is 2.62. The van der Waals surface area contributed by atoms with E-state index in [0.29, 0.717) is 0 Å². The van der Waals surface area contributed by atoms with Crippen molar-refractivity contribution in [3.05, 3.63) is 78.2 Å². The summed E-state index contributed by atoms with van der Waals surface area (Å²) in [4.78, 5) is 0. The topological polar surface area (TPSA) is 0 Å². The van der Waals surface area contributed by atoms with Crippen molar-refractivity contribution < 1.29 is 0 Å². The van der Waals surface area contributed by atoms with Gasteiger partial charge in [-0.2, -0.15) is 0 Å². The Morgan fingerprint density at radius 1 is 0.647 bits per heavy atom. The Kier molecular flexibility index (Phi) is 1.70. The molecule has 17 heavy (non-hydrogen) atoms. The summed E-state index contributed by atoms with van der Waals surface area (Å²) in [7, 11) is 0. The zero-order valence-electron chi connectivity index (χ0n) is 9.27. The SMILES string of the molecule is [C]1c2ccccc2-c2c1ccc1ccccc21. The van der Waals surface area contributed by atoms with E-state index in [2.05, 4.69) is 67.1 Å². The lowest BCUT2D eigenvalue weighted by Gasteiger charge is -2.06. The van der Waals surface area contributed by atoms with Crippen molar-refractivity contribution in [1.29, 1.82) is 0 Å². The first-order valence-corrected chi connectivity index (χ1v) is 5.82. The Morgan fingerprint density at radius 2 is 1.47 bits per heavy atom. The maximum Gasteiger partial charge on any atom is 0.0515 e. The minimum atomic E-state index is 1.21. The van der Waals surface area contributed by atoms with Crippen LogP contribution in [0.2, 0.25) is 0 Å². The summed E-state index contributed by atoms with van der Waals surface area (Å²) in [6, 6.07) is 21.4. The molecule has 0 bridgehead atoms. The van der Waals surface area contributed by atoms with Crippen LogP contribution in [0, 0.1) is 6.42 Å². The molecule has 3 aromatic rings. The van der Waals surface area contributed by atoms with Gasteiger partial charge in [0.15, 0.2) is 0 Å². The maximum absolute atomic E-state index is 3.47. The Balaban J connectivity index is 2.17. The fourth-order valence-corrected chi connectivity index (χ4v) is 2.62. The van der Waals surface area contributed by atoms with Crippen LogP contribution in [-0.4, -0.2) is 0 Å². The second-order valence-corrected chi connectivity index (χ2v) is 4.38. The number of benzene rings is 3. The molecule has 0 saturated carbocycles. The Labute approximate surface area is 101 Å². The van der Waals surface area contributed by atoms with Gasteiger partial charge in [0.05, 0.1) is 6.42 Å². The lowest BCUT2D eigenvalue weighted by Crippen LogP contribution is -1.81. The molecule has 0 unspecified atom stereocenters. The van der Waals surface area contributed by atoms with Crippen LogP contribution in [0.1, 0.15) is 11.1 Å². The highest BCUT2D eigenvalue weighted by Crippen LogP contribution is 2.41. The second kappa shape index (κ2) is 3.21. The van der Waals surface area contributed by atoms with Crippen LogP contribution < -0.4 is 0 Å². The molecule has 3 aromatic carbocycles. The van der Waals surface area contributed by atoms with Crippen molar-refractivity contribution in [2.24, 2.45) is 0 Å². The number of hydrogen-bond donors (Lipinski definition) is 0. The molecule has 1 aliphatic rings. The van der Waals surface area contributed by atoms with E-state index in [1.807, 2.05) is 0 Å². The molecule has 0 nitrogen and oxygen atoms in total. The minimum Gasteiger partial charge on any atom is -0.0619 e. The molecule has 1 aliphatic carbocycles. The summed E-state index contributed by atoms with van der Waals surface area (Å²) < 4.78 is 0. The maximum atomic E-state index is 3.47. The van der Waals surface area contributed by atoms with Gasteiger partial charge in [-0.3, -0.25) is 0 Å². The number of fused-ring (bicyclic) bond motifs is 5. The molecule has 2 radical (unpaired) electrons. The van der Waals surface area contributed by atoms with Crippen LogP contribution in [-0.2, 0) is 0 Å². The van der Waals surface area contributed by atoms with E-state index < -0.39 is 0 Å². The molecule has 0 spiro atoms. The third-order valence-corrected chi connectivity index (χ3v) is 3.39. The van der Waals surface area contributed by atoms with Gasteiger partial charge >= 0.3 is 0 Å². The van der Waals surface area contributed by atoms with Crippen molar-refractivity contribution in [2.45, 2.75) is 0 Å². The molecule has 0 amide bonds. The number of rotatable bonds is 0. The van der Waals surface area contributed by atoms with Gasteiger partial charge in [-0.15, -0.1) is 0 Å². The van der Waals surface area contributed by atoms with Crippen LogP contribution in [0.25, 0.3) is 21.9 Å². The molecule has 0 fully saturated rings. The molecule has 0 aromatic heterocycles. The van der Waals surface area contributed by atoms with Gasteiger partial charge in [0.2, 0.25) is 0 Å². The second-order valence-electron chi connectivity index (χ2n) is 4.38. The first kappa shape index (κ1) is 9.00. The van der Waals surface area contributed by atoms with E-state index in [1.165, 1.54) is 33.0 Å². The molecule has 78 valence electrons. The fraction of sp³-hybridized carbons (Fsp3) is 0. The van der Waals surface area contributed by atoms with Gasteiger partial charge in [0.25, 0.3) is 0 Å². The Bertz CT molecular complexity index is 723. The summed E-state index contributed by atoms with van der Waals surface area (Å²) in [6.07, 6.45) is 3.47. The van der Waals surface area contributed by atoms with E-state index in [1.54, 1.807) is 0 Å². The zero-order valence-corrected chi connectivity index (χ0v) is 9.27. The van der Waals surface area contributed by atoms with Crippen LogP contribution in [0.4, 0.5) is 0 Å². The molecule has 0 aliphatic heterocycles. The van der Waals surface area contributed by atoms with Crippen molar-refractivity contribution in [1.82, 2.24) is 0 Å². The van der Waals surface area contributed by atoms with Gasteiger partial charge < -0.3 is 0 Å².